The van der Waals surface area contributed by atoms with Gasteiger partial charge in [0.05, 0.1) is 18.2 Å². The average Bonchev–Trinajstić information content (AvgIpc) is 3.30. The van der Waals surface area contributed by atoms with Gasteiger partial charge in [-0.25, -0.2) is 4.68 Å². The summed E-state index contributed by atoms with van der Waals surface area (Å²) < 4.78 is 1.90. The second-order valence-electron chi connectivity index (χ2n) is 7.89. The molecule has 2 fully saturated rings. The fourth-order valence-electron chi connectivity index (χ4n) is 3.76. The Morgan fingerprint density at radius 3 is 2.70 bits per heavy atom. The van der Waals surface area contributed by atoms with E-state index in [1.54, 1.807) is 11.1 Å². The van der Waals surface area contributed by atoms with Crippen molar-refractivity contribution >= 4 is 17.6 Å². The summed E-state index contributed by atoms with van der Waals surface area (Å²) in [5.41, 5.74) is 2.28. The number of aryl methyl sites for hydroxylation is 1. The average molecular weight is 366 g/mol. The minimum Gasteiger partial charge on any atom is -0.338 e. The van der Waals surface area contributed by atoms with E-state index in [9.17, 15) is 9.59 Å². The smallest absolute Gasteiger partial charge is 0.230 e. The summed E-state index contributed by atoms with van der Waals surface area (Å²) >= 11 is 0. The summed E-state index contributed by atoms with van der Waals surface area (Å²) in [6.45, 7) is 5.20. The van der Waals surface area contributed by atoms with Crippen LogP contribution in [-0.2, 0) is 16.1 Å². The summed E-state index contributed by atoms with van der Waals surface area (Å²) in [5.74, 6) is 1.00. The van der Waals surface area contributed by atoms with Gasteiger partial charge in [0, 0.05) is 25.6 Å². The number of nitrogens with one attached hydrogen (secondary N) is 1. The number of benzene rings is 1. The van der Waals surface area contributed by atoms with Crippen molar-refractivity contribution in [2.24, 2.45) is 11.8 Å². The van der Waals surface area contributed by atoms with Crippen molar-refractivity contribution in [2.75, 3.05) is 11.9 Å². The van der Waals surface area contributed by atoms with Crippen molar-refractivity contribution in [1.82, 2.24) is 14.7 Å². The summed E-state index contributed by atoms with van der Waals surface area (Å²) in [6.07, 6.45) is 4.43. The Morgan fingerprint density at radius 1 is 1.26 bits per heavy atom. The third-order valence-electron chi connectivity index (χ3n) is 5.69. The summed E-state index contributed by atoms with van der Waals surface area (Å²) in [5, 5.41) is 7.37. The maximum absolute atomic E-state index is 12.7. The number of hydrogen-bond donors (Lipinski definition) is 1. The number of rotatable bonds is 6. The lowest BCUT2D eigenvalue weighted by Crippen LogP contribution is -2.29. The van der Waals surface area contributed by atoms with Gasteiger partial charge in [-0.15, -0.1) is 0 Å². The standard InChI is InChI=1S/C21H26N4O2/c1-14-3-5-16(6-4-14)12-24-13-18(11-20(24)26)21(27)23-19-9-10-22-25(19)15(2)17-7-8-17/h3-6,9-10,15,17-18H,7-8,11-13H2,1-2H3,(H,23,27). The molecule has 1 aromatic heterocycles. The highest BCUT2D eigenvalue weighted by molar-refractivity contribution is 5.96. The molecule has 6 heteroatoms. The number of nitrogens with zero attached hydrogens (tertiary/aromatic N) is 3. The molecule has 1 N–H and O–H groups in total. The van der Waals surface area contributed by atoms with Gasteiger partial charge in [-0.2, -0.15) is 5.10 Å². The molecule has 2 aliphatic rings. The molecule has 27 heavy (non-hydrogen) atoms. The predicted octanol–water partition coefficient (Wildman–Crippen LogP) is 3.15. The summed E-state index contributed by atoms with van der Waals surface area (Å²) in [7, 11) is 0. The second kappa shape index (κ2) is 7.18. The van der Waals surface area contributed by atoms with Crippen LogP contribution in [0.4, 0.5) is 5.82 Å². The first-order chi connectivity index (χ1) is 13.0. The number of carbonyl (C=O) groups excluding carboxylic acids is 2. The minimum atomic E-state index is -0.317. The number of hydrogen-bond acceptors (Lipinski definition) is 3. The van der Waals surface area contributed by atoms with E-state index in [1.807, 2.05) is 41.9 Å². The molecule has 2 heterocycles. The maximum atomic E-state index is 12.7. The van der Waals surface area contributed by atoms with Gasteiger partial charge in [-0.05, 0) is 38.2 Å². The lowest BCUT2D eigenvalue weighted by Gasteiger charge is -2.18. The fraction of sp³-hybridized carbons (Fsp3) is 0.476. The van der Waals surface area contributed by atoms with Crippen LogP contribution in [0.3, 0.4) is 0 Å². The number of aromatic nitrogens is 2. The zero-order valence-corrected chi connectivity index (χ0v) is 15.9. The van der Waals surface area contributed by atoms with E-state index >= 15 is 0 Å². The first kappa shape index (κ1) is 17.8. The second-order valence-corrected chi connectivity index (χ2v) is 7.89. The SMILES string of the molecule is Cc1ccc(CN2CC(C(=O)Nc3ccnn3C(C)C3CC3)CC2=O)cc1. The topological polar surface area (TPSA) is 67.2 Å². The number of carbonyl (C=O) groups is 2. The van der Waals surface area contributed by atoms with Crippen LogP contribution >= 0.6 is 0 Å². The molecule has 1 aromatic carbocycles. The third-order valence-corrected chi connectivity index (χ3v) is 5.69. The van der Waals surface area contributed by atoms with Gasteiger partial charge in [0.2, 0.25) is 11.8 Å². The van der Waals surface area contributed by atoms with Gasteiger partial charge < -0.3 is 10.2 Å². The van der Waals surface area contributed by atoms with Gasteiger partial charge in [0.1, 0.15) is 5.82 Å². The first-order valence-corrected chi connectivity index (χ1v) is 9.69. The normalized spacial score (nSPS) is 20.7. The Balaban J connectivity index is 1.38. The predicted molar refractivity (Wildman–Crippen MR) is 103 cm³/mol. The highest BCUT2D eigenvalue weighted by atomic mass is 16.2. The Kier molecular flexibility index (Phi) is 4.72. The lowest BCUT2D eigenvalue weighted by atomic mass is 10.1. The van der Waals surface area contributed by atoms with Crippen LogP contribution in [0.15, 0.2) is 36.5 Å². The van der Waals surface area contributed by atoms with Gasteiger partial charge in [-0.1, -0.05) is 29.8 Å². The molecule has 6 nitrogen and oxygen atoms in total. The zero-order valence-electron chi connectivity index (χ0n) is 15.9. The van der Waals surface area contributed by atoms with Crippen molar-refractivity contribution < 1.29 is 9.59 Å². The van der Waals surface area contributed by atoms with E-state index in [1.165, 1.54) is 18.4 Å². The first-order valence-electron chi connectivity index (χ1n) is 9.69. The molecule has 142 valence electrons. The van der Waals surface area contributed by atoms with Crippen LogP contribution < -0.4 is 5.32 Å². The van der Waals surface area contributed by atoms with Crippen LogP contribution in [0.2, 0.25) is 0 Å². The molecule has 1 aliphatic carbocycles. The van der Waals surface area contributed by atoms with Crippen molar-refractivity contribution in [3.8, 4) is 0 Å². The van der Waals surface area contributed by atoms with E-state index in [-0.39, 0.29) is 24.2 Å². The Labute approximate surface area is 159 Å². The molecule has 1 aliphatic heterocycles. The molecule has 0 spiro atoms. The highest BCUT2D eigenvalue weighted by Gasteiger charge is 2.35. The Morgan fingerprint density at radius 2 is 2.00 bits per heavy atom. The summed E-state index contributed by atoms with van der Waals surface area (Å²) in [4.78, 5) is 26.9. The minimum absolute atomic E-state index is 0.0376. The molecule has 2 unspecified atom stereocenters. The largest absolute Gasteiger partial charge is 0.338 e. The summed E-state index contributed by atoms with van der Waals surface area (Å²) in [6, 6.07) is 10.3. The molecular weight excluding hydrogens is 340 g/mol. The van der Waals surface area contributed by atoms with Gasteiger partial charge in [0.15, 0.2) is 0 Å². The van der Waals surface area contributed by atoms with Gasteiger partial charge in [-0.3, -0.25) is 9.59 Å². The molecule has 2 amide bonds. The van der Waals surface area contributed by atoms with Crippen molar-refractivity contribution in [3.05, 3.63) is 47.7 Å². The number of anilines is 1. The van der Waals surface area contributed by atoms with E-state index in [2.05, 4.69) is 17.3 Å². The van der Waals surface area contributed by atoms with Crippen LogP contribution in [0.25, 0.3) is 0 Å². The molecule has 1 saturated carbocycles. The van der Waals surface area contributed by atoms with Crippen LogP contribution in [0.5, 0.6) is 0 Å². The van der Waals surface area contributed by atoms with Gasteiger partial charge in [0.25, 0.3) is 0 Å². The Bertz CT molecular complexity index is 838. The van der Waals surface area contributed by atoms with Crippen molar-refractivity contribution in [2.45, 2.75) is 45.7 Å². The molecule has 4 rings (SSSR count). The van der Waals surface area contributed by atoms with Gasteiger partial charge >= 0.3 is 0 Å². The molecule has 1 saturated heterocycles. The number of amides is 2. The molecular formula is C21H26N4O2. The van der Waals surface area contributed by atoms with Crippen LogP contribution in [-0.4, -0.2) is 33.0 Å². The van der Waals surface area contributed by atoms with E-state index < -0.39 is 0 Å². The molecule has 0 radical (unpaired) electrons. The van der Waals surface area contributed by atoms with Crippen LogP contribution in [0.1, 0.15) is 43.4 Å². The van der Waals surface area contributed by atoms with Crippen molar-refractivity contribution in [1.29, 1.82) is 0 Å². The highest BCUT2D eigenvalue weighted by Crippen LogP contribution is 2.40. The third kappa shape index (κ3) is 3.89. The monoisotopic (exact) mass is 366 g/mol. The Hall–Kier alpha value is -2.63. The zero-order chi connectivity index (χ0) is 19.0. The fourth-order valence-corrected chi connectivity index (χ4v) is 3.76. The molecule has 0 bridgehead atoms. The van der Waals surface area contributed by atoms with Crippen LogP contribution in [0, 0.1) is 18.8 Å². The van der Waals surface area contributed by atoms with E-state index in [0.717, 1.165) is 11.4 Å². The van der Waals surface area contributed by atoms with E-state index in [4.69, 9.17) is 0 Å². The molecule has 2 atom stereocenters. The number of likely N-dealkylation sites (tertiary alicyclic amines) is 1. The molecule has 2 aromatic rings. The van der Waals surface area contributed by atoms with Crippen molar-refractivity contribution in [3.63, 3.8) is 0 Å². The van der Waals surface area contributed by atoms with E-state index in [0.29, 0.717) is 25.0 Å². The quantitative estimate of drug-likeness (QED) is 0.854. The maximum Gasteiger partial charge on any atom is 0.230 e. The lowest BCUT2D eigenvalue weighted by molar-refractivity contribution is -0.128.